The number of carboxylic acids is 1. The number of nitrogens with one attached hydrogen (secondary N) is 3. The van der Waals surface area contributed by atoms with Crippen LogP contribution in [0.5, 0.6) is 0 Å². The summed E-state index contributed by atoms with van der Waals surface area (Å²) in [4.78, 5) is 49.1. The minimum atomic E-state index is -1.17. The normalized spacial score (nSPS) is 14.0. The number of unbranched alkanes of at least 4 members (excludes halogenated alkanes) is 1. The molecule has 44 heavy (non-hydrogen) atoms. The number of carbonyl (C=O) groups excluding carboxylic acids is 3. The molecule has 0 heterocycles. The van der Waals surface area contributed by atoms with E-state index in [1.165, 1.54) is 0 Å². The molecular weight excluding hydrogens is 566 g/mol. The Bertz CT molecular complexity index is 1270. The summed E-state index contributed by atoms with van der Waals surface area (Å²) in [5.74, 6) is -1.65. The van der Waals surface area contributed by atoms with Gasteiger partial charge in [0.2, 0.25) is 5.91 Å². The van der Waals surface area contributed by atoms with Crippen molar-refractivity contribution < 1.29 is 38.5 Å². The van der Waals surface area contributed by atoms with Gasteiger partial charge in [0, 0.05) is 12.5 Å². The summed E-state index contributed by atoms with van der Waals surface area (Å²) in [6.07, 6.45) is -1.45. The molecule has 2 atom stereocenters. The van der Waals surface area contributed by atoms with E-state index in [2.05, 4.69) is 16.0 Å². The highest BCUT2D eigenvalue weighted by Crippen LogP contribution is 2.44. The predicted molar refractivity (Wildman–Crippen MR) is 165 cm³/mol. The summed E-state index contributed by atoms with van der Waals surface area (Å²) in [6, 6.07) is 14.8. The van der Waals surface area contributed by atoms with E-state index in [1.807, 2.05) is 69.3 Å². The Morgan fingerprint density at radius 3 is 1.95 bits per heavy atom. The van der Waals surface area contributed by atoms with Crippen molar-refractivity contribution in [3.63, 3.8) is 0 Å². The zero-order chi connectivity index (χ0) is 32.5. The predicted octanol–water partition coefficient (Wildman–Crippen LogP) is 5.32. The van der Waals surface area contributed by atoms with Gasteiger partial charge in [-0.3, -0.25) is 10.1 Å². The van der Waals surface area contributed by atoms with Crippen molar-refractivity contribution in [2.75, 3.05) is 13.2 Å². The number of aliphatic carboxylic acids is 1. The summed E-state index contributed by atoms with van der Waals surface area (Å²) in [7, 11) is 0. The maximum absolute atomic E-state index is 12.6. The van der Waals surface area contributed by atoms with Crippen LogP contribution in [0.4, 0.5) is 9.59 Å². The molecule has 1 unspecified atom stereocenters. The van der Waals surface area contributed by atoms with Crippen LogP contribution in [0.1, 0.15) is 84.3 Å². The quantitative estimate of drug-likeness (QED) is 0.175. The number of fused-ring (bicyclic) bond motifs is 3. The molecule has 4 N–H and O–H groups in total. The van der Waals surface area contributed by atoms with Crippen molar-refractivity contribution in [1.82, 2.24) is 16.0 Å². The molecule has 3 amide bonds. The van der Waals surface area contributed by atoms with Gasteiger partial charge >= 0.3 is 18.2 Å². The number of alkyl carbamates (subject to hydrolysis) is 2. The molecule has 1 aliphatic carbocycles. The van der Waals surface area contributed by atoms with Crippen molar-refractivity contribution in [2.24, 2.45) is 0 Å². The lowest BCUT2D eigenvalue weighted by Crippen LogP contribution is -2.46. The van der Waals surface area contributed by atoms with Gasteiger partial charge in [0.25, 0.3) is 0 Å². The molecule has 3 rings (SSSR count). The Morgan fingerprint density at radius 1 is 0.818 bits per heavy atom. The number of ether oxygens (including phenoxy) is 3. The van der Waals surface area contributed by atoms with Crippen LogP contribution in [-0.2, 0) is 23.8 Å². The van der Waals surface area contributed by atoms with E-state index in [4.69, 9.17) is 14.2 Å². The lowest BCUT2D eigenvalue weighted by atomic mass is 9.98. The Hall–Kier alpha value is -4.12. The average molecular weight is 612 g/mol. The lowest BCUT2D eigenvalue weighted by Gasteiger charge is -2.29. The maximum Gasteiger partial charge on any atom is 0.409 e. The Morgan fingerprint density at radius 2 is 1.41 bits per heavy atom. The van der Waals surface area contributed by atoms with Crippen LogP contribution in [0.2, 0.25) is 0 Å². The highest BCUT2D eigenvalue weighted by molar-refractivity contribution is 5.81. The van der Waals surface area contributed by atoms with Gasteiger partial charge in [-0.05, 0) is 83.1 Å². The molecule has 11 nitrogen and oxygen atoms in total. The molecule has 0 saturated carbocycles. The third-order valence-corrected chi connectivity index (χ3v) is 6.72. The topological polar surface area (TPSA) is 152 Å². The van der Waals surface area contributed by atoms with Gasteiger partial charge in [-0.25, -0.2) is 14.4 Å². The SMILES string of the molecule is CC(C)(C)OC(=O)NC(CC(=O)NCCCC[C@H](NC(=O)OCC1c2ccccc2-c2ccccc21)C(=O)O)OC(C)(C)C. The fourth-order valence-electron chi connectivity index (χ4n) is 4.97. The molecule has 0 aromatic heterocycles. The van der Waals surface area contributed by atoms with Crippen LogP contribution in [0, 0.1) is 0 Å². The van der Waals surface area contributed by atoms with Crippen molar-refractivity contribution in [1.29, 1.82) is 0 Å². The second kappa shape index (κ2) is 15.1. The van der Waals surface area contributed by atoms with Crippen molar-refractivity contribution in [2.45, 2.75) is 96.6 Å². The Labute approximate surface area is 259 Å². The first-order valence-electron chi connectivity index (χ1n) is 14.9. The number of rotatable bonds is 13. The van der Waals surface area contributed by atoms with Gasteiger partial charge in [0.05, 0.1) is 12.0 Å². The molecule has 0 bridgehead atoms. The number of carbonyl (C=O) groups is 4. The van der Waals surface area contributed by atoms with Crippen molar-refractivity contribution >= 4 is 24.1 Å². The van der Waals surface area contributed by atoms with Gasteiger partial charge < -0.3 is 30.0 Å². The van der Waals surface area contributed by atoms with E-state index in [1.54, 1.807) is 20.8 Å². The van der Waals surface area contributed by atoms with Crippen LogP contribution < -0.4 is 16.0 Å². The first kappa shape index (κ1) is 34.4. The minimum absolute atomic E-state index is 0.0843. The molecule has 11 heteroatoms. The minimum Gasteiger partial charge on any atom is -0.480 e. The van der Waals surface area contributed by atoms with E-state index >= 15 is 0 Å². The molecule has 0 aliphatic heterocycles. The van der Waals surface area contributed by atoms with Gasteiger partial charge in [-0.1, -0.05) is 48.5 Å². The number of hydrogen-bond donors (Lipinski definition) is 4. The molecule has 2 aromatic rings. The largest absolute Gasteiger partial charge is 0.480 e. The van der Waals surface area contributed by atoms with Crippen molar-refractivity contribution in [3.05, 3.63) is 59.7 Å². The van der Waals surface area contributed by atoms with Gasteiger partial charge in [0.1, 0.15) is 24.5 Å². The molecule has 240 valence electrons. The number of amides is 3. The van der Waals surface area contributed by atoms with Crippen LogP contribution in [0.25, 0.3) is 11.1 Å². The average Bonchev–Trinajstić information content (AvgIpc) is 3.22. The van der Waals surface area contributed by atoms with Gasteiger partial charge in [-0.2, -0.15) is 0 Å². The first-order valence-corrected chi connectivity index (χ1v) is 14.9. The fraction of sp³-hybridized carbons (Fsp3) is 0.515. The first-order chi connectivity index (χ1) is 20.6. The van der Waals surface area contributed by atoms with Crippen molar-refractivity contribution in [3.8, 4) is 11.1 Å². The maximum atomic E-state index is 12.6. The Kier molecular flexibility index (Phi) is 11.8. The Balaban J connectivity index is 1.42. The molecule has 0 radical (unpaired) electrons. The number of hydrogen-bond acceptors (Lipinski definition) is 7. The van der Waals surface area contributed by atoms with Gasteiger partial charge in [-0.15, -0.1) is 0 Å². The second-order valence-corrected chi connectivity index (χ2v) is 12.8. The van der Waals surface area contributed by atoms with Crippen LogP contribution in [0.15, 0.2) is 48.5 Å². The molecule has 1 aliphatic rings. The lowest BCUT2D eigenvalue weighted by molar-refractivity contribution is -0.139. The molecule has 0 saturated heterocycles. The number of benzene rings is 2. The summed E-state index contributed by atoms with van der Waals surface area (Å²) < 4.78 is 16.6. The molecule has 2 aromatic carbocycles. The highest BCUT2D eigenvalue weighted by atomic mass is 16.6. The standard InChI is InChI=1S/C33H45N3O8/c1-32(2,3)43-28(36-31(41)44-33(4,5)6)19-27(37)34-18-12-11-17-26(29(38)39)35-30(40)42-20-25-23-15-9-7-13-21(23)22-14-8-10-16-24(22)25/h7-10,13-16,25-26,28H,11-12,17-20H2,1-6H3,(H,34,37)(H,35,40)(H,36,41)(H,38,39)/t26-,28?/m0/s1. The summed E-state index contributed by atoms with van der Waals surface area (Å²) >= 11 is 0. The smallest absolute Gasteiger partial charge is 0.409 e. The van der Waals surface area contributed by atoms with E-state index in [-0.39, 0.29) is 37.8 Å². The number of carboxylic acid groups (broad SMARTS) is 1. The van der Waals surface area contributed by atoms with E-state index in [9.17, 15) is 24.3 Å². The summed E-state index contributed by atoms with van der Waals surface area (Å²) in [5.41, 5.74) is 3.01. The molecule has 0 spiro atoms. The second-order valence-electron chi connectivity index (χ2n) is 12.8. The zero-order valence-corrected chi connectivity index (χ0v) is 26.4. The fourth-order valence-corrected chi connectivity index (χ4v) is 4.97. The summed E-state index contributed by atoms with van der Waals surface area (Å²) in [5, 5.41) is 17.4. The van der Waals surface area contributed by atoms with Crippen LogP contribution >= 0.6 is 0 Å². The summed E-state index contributed by atoms with van der Waals surface area (Å²) in [6.45, 7) is 11.0. The van der Waals surface area contributed by atoms with Crippen LogP contribution in [0.3, 0.4) is 0 Å². The monoisotopic (exact) mass is 611 g/mol. The van der Waals surface area contributed by atoms with Gasteiger partial charge in [0.15, 0.2) is 0 Å². The van der Waals surface area contributed by atoms with E-state index in [0.29, 0.717) is 12.8 Å². The van der Waals surface area contributed by atoms with Crippen LogP contribution in [-0.4, -0.2) is 65.8 Å². The highest BCUT2D eigenvalue weighted by Gasteiger charge is 2.30. The van der Waals surface area contributed by atoms with E-state index < -0.39 is 41.6 Å². The third kappa shape index (κ3) is 10.9. The third-order valence-electron chi connectivity index (χ3n) is 6.72. The zero-order valence-electron chi connectivity index (χ0n) is 26.4. The molecule has 0 fully saturated rings. The molecular formula is C33H45N3O8. The van der Waals surface area contributed by atoms with E-state index in [0.717, 1.165) is 22.3 Å².